The van der Waals surface area contributed by atoms with Gasteiger partial charge in [-0.25, -0.2) is 0 Å². The van der Waals surface area contributed by atoms with E-state index in [-0.39, 0.29) is 18.0 Å². The van der Waals surface area contributed by atoms with Crippen LogP contribution in [0.25, 0.3) is 0 Å². The maximum Gasteiger partial charge on any atom is 0.257 e. The van der Waals surface area contributed by atoms with Crippen molar-refractivity contribution in [1.29, 1.82) is 0 Å². The smallest absolute Gasteiger partial charge is 0.257 e. The maximum absolute atomic E-state index is 13.0. The fourth-order valence-electron chi connectivity index (χ4n) is 4.42. The molecule has 1 atom stereocenters. The molecule has 4 rings (SSSR count). The minimum atomic E-state index is -0.153. The Morgan fingerprint density at radius 2 is 1.90 bits per heavy atom. The lowest BCUT2D eigenvalue weighted by Crippen LogP contribution is -2.57. The predicted molar refractivity (Wildman–Crippen MR) is 117 cm³/mol. The number of carbonyl (C=O) groups excluding carboxylic acids is 2. The largest absolute Gasteiger partial charge is 0.351 e. The molecule has 0 radical (unpaired) electrons. The fourth-order valence-corrected chi connectivity index (χ4v) is 4.42. The molecule has 2 heterocycles. The van der Waals surface area contributed by atoms with E-state index in [1.165, 1.54) is 5.56 Å². The Labute approximate surface area is 172 Å². The lowest BCUT2D eigenvalue weighted by molar-refractivity contribution is 0.0582. The van der Waals surface area contributed by atoms with Crippen molar-refractivity contribution in [2.24, 2.45) is 0 Å². The number of benzene rings is 2. The third kappa shape index (κ3) is 3.61. The minimum Gasteiger partial charge on any atom is -0.351 e. The Balaban J connectivity index is 1.60. The first kappa shape index (κ1) is 19.5. The van der Waals surface area contributed by atoms with E-state index < -0.39 is 0 Å². The molecule has 5 heteroatoms. The molecule has 0 aliphatic carbocycles. The summed E-state index contributed by atoms with van der Waals surface area (Å²) in [5, 5.41) is 2.98. The van der Waals surface area contributed by atoms with Crippen LogP contribution in [0.4, 0.5) is 11.4 Å². The summed E-state index contributed by atoms with van der Waals surface area (Å²) in [5.74, 6) is 0.391. The third-order valence-corrected chi connectivity index (χ3v) is 6.07. The van der Waals surface area contributed by atoms with E-state index in [2.05, 4.69) is 31.0 Å². The summed E-state index contributed by atoms with van der Waals surface area (Å²) in [5.41, 5.74) is 4.17. The van der Waals surface area contributed by atoms with Crippen LogP contribution in [0.1, 0.15) is 72.2 Å². The van der Waals surface area contributed by atoms with E-state index in [0.717, 1.165) is 43.7 Å². The minimum absolute atomic E-state index is 0.0885. The van der Waals surface area contributed by atoms with Gasteiger partial charge in [-0.3, -0.25) is 9.59 Å². The number of fused-ring (bicyclic) bond motifs is 2. The van der Waals surface area contributed by atoms with Crippen LogP contribution in [-0.4, -0.2) is 36.0 Å². The molecule has 0 spiro atoms. The molecule has 2 aliphatic rings. The molecule has 0 aromatic heterocycles. The average molecular weight is 392 g/mol. The molecule has 0 saturated carbocycles. The van der Waals surface area contributed by atoms with Crippen LogP contribution >= 0.6 is 0 Å². The second-order valence-corrected chi connectivity index (χ2v) is 8.22. The van der Waals surface area contributed by atoms with Gasteiger partial charge in [-0.05, 0) is 68.0 Å². The van der Waals surface area contributed by atoms with Gasteiger partial charge in [0.15, 0.2) is 0 Å². The number of nitrogens with zero attached hydrogens (tertiary/aromatic N) is 2. The highest BCUT2D eigenvalue weighted by molar-refractivity contribution is 6.08. The van der Waals surface area contributed by atoms with Gasteiger partial charge in [0.2, 0.25) is 0 Å². The summed E-state index contributed by atoms with van der Waals surface area (Å²) < 4.78 is 0. The van der Waals surface area contributed by atoms with Gasteiger partial charge in [0, 0.05) is 24.3 Å². The third-order valence-electron chi connectivity index (χ3n) is 6.07. The number of hydrogen-bond donors (Lipinski definition) is 1. The van der Waals surface area contributed by atoms with E-state index in [4.69, 9.17) is 0 Å². The summed E-state index contributed by atoms with van der Waals surface area (Å²) in [4.78, 5) is 30.1. The second kappa shape index (κ2) is 7.90. The first-order valence-electron chi connectivity index (χ1n) is 10.6. The van der Waals surface area contributed by atoms with Gasteiger partial charge in [-0.1, -0.05) is 26.0 Å². The average Bonchev–Trinajstić information content (AvgIpc) is 2.74. The lowest BCUT2D eigenvalue weighted by atomic mass is 9.97. The monoisotopic (exact) mass is 391 g/mol. The molecule has 2 aromatic carbocycles. The molecule has 2 amide bonds. The van der Waals surface area contributed by atoms with Crippen LogP contribution in [0, 0.1) is 0 Å². The summed E-state index contributed by atoms with van der Waals surface area (Å²) in [7, 11) is 0. The van der Waals surface area contributed by atoms with Crippen molar-refractivity contribution in [3.8, 4) is 0 Å². The number of carbonyl (C=O) groups is 2. The van der Waals surface area contributed by atoms with Gasteiger partial charge in [0.05, 0.1) is 11.3 Å². The van der Waals surface area contributed by atoms with Crippen LogP contribution < -0.4 is 10.2 Å². The predicted octanol–water partition coefficient (Wildman–Crippen LogP) is 4.85. The van der Waals surface area contributed by atoms with Gasteiger partial charge < -0.3 is 15.1 Å². The molecule has 2 aliphatic heterocycles. The molecule has 5 nitrogen and oxygen atoms in total. The van der Waals surface area contributed by atoms with Crippen molar-refractivity contribution in [2.45, 2.75) is 52.1 Å². The van der Waals surface area contributed by atoms with Crippen LogP contribution in [-0.2, 0) is 0 Å². The number of nitrogens with one attached hydrogen (secondary N) is 1. The van der Waals surface area contributed by atoms with Crippen molar-refractivity contribution in [2.75, 3.05) is 23.3 Å². The number of piperidine rings is 1. The first-order valence-corrected chi connectivity index (χ1v) is 10.6. The Morgan fingerprint density at radius 3 is 2.59 bits per heavy atom. The zero-order valence-electron chi connectivity index (χ0n) is 17.4. The quantitative estimate of drug-likeness (QED) is 0.810. The molecule has 1 saturated heterocycles. The molecule has 29 heavy (non-hydrogen) atoms. The maximum atomic E-state index is 13.0. The van der Waals surface area contributed by atoms with Gasteiger partial charge in [0.25, 0.3) is 11.8 Å². The number of hydrogen-bond acceptors (Lipinski definition) is 3. The number of rotatable bonds is 4. The summed E-state index contributed by atoms with van der Waals surface area (Å²) >= 11 is 0. The Morgan fingerprint density at radius 1 is 1.14 bits per heavy atom. The Bertz CT molecular complexity index is 920. The van der Waals surface area contributed by atoms with Crippen LogP contribution in [0.5, 0.6) is 0 Å². The molecule has 152 valence electrons. The highest BCUT2D eigenvalue weighted by Gasteiger charge is 2.38. The molecular formula is C24H29N3O2. The highest BCUT2D eigenvalue weighted by Crippen LogP contribution is 2.35. The summed E-state index contributed by atoms with van der Waals surface area (Å²) in [6.07, 6.45) is 3.28. The van der Waals surface area contributed by atoms with E-state index >= 15 is 0 Å². The Hall–Kier alpha value is -2.82. The van der Waals surface area contributed by atoms with Gasteiger partial charge in [0.1, 0.15) is 6.17 Å². The number of anilines is 2. The molecule has 1 fully saturated rings. The van der Waals surface area contributed by atoms with E-state index in [1.807, 2.05) is 41.3 Å². The summed E-state index contributed by atoms with van der Waals surface area (Å²) in [6.45, 7) is 8.02. The first-order chi connectivity index (χ1) is 14.0. The topological polar surface area (TPSA) is 52.7 Å². The molecule has 0 unspecified atom stereocenters. The molecule has 2 aromatic rings. The van der Waals surface area contributed by atoms with Crippen molar-refractivity contribution >= 4 is 23.2 Å². The molecule has 1 N–H and O–H groups in total. The summed E-state index contributed by atoms with van der Waals surface area (Å²) in [6, 6.07) is 13.4. The standard InChI is InChI=1S/C24H29N3O2/c1-4-26-21-15-18(23(28)25-19-11-8-17(9-12-19)16(2)3)10-13-20(21)24(29)27-14-6-5-7-22(26)27/h8-13,15-16,22H,4-7,14H2,1-3H3,(H,25,28)/t22-/m1/s1. The van der Waals surface area contributed by atoms with Crippen molar-refractivity contribution in [3.05, 3.63) is 59.2 Å². The van der Waals surface area contributed by atoms with E-state index in [1.54, 1.807) is 6.07 Å². The molecule has 0 bridgehead atoms. The van der Waals surface area contributed by atoms with Gasteiger partial charge >= 0.3 is 0 Å². The zero-order chi connectivity index (χ0) is 20.5. The SMILES string of the molecule is CCN1c2cc(C(=O)Nc3ccc(C(C)C)cc3)ccc2C(=O)N2CCCC[C@@H]21. The lowest BCUT2D eigenvalue weighted by Gasteiger charge is -2.47. The highest BCUT2D eigenvalue weighted by atomic mass is 16.2. The zero-order valence-corrected chi connectivity index (χ0v) is 17.4. The van der Waals surface area contributed by atoms with Crippen molar-refractivity contribution in [3.63, 3.8) is 0 Å². The van der Waals surface area contributed by atoms with E-state index in [0.29, 0.717) is 17.0 Å². The normalized spacial score (nSPS) is 18.5. The number of amides is 2. The van der Waals surface area contributed by atoms with Gasteiger partial charge in [-0.2, -0.15) is 0 Å². The van der Waals surface area contributed by atoms with Crippen molar-refractivity contribution < 1.29 is 9.59 Å². The van der Waals surface area contributed by atoms with E-state index in [9.17, 15) is 9.59 Å². The van der Waals surface area contributed by atoms with Crippen LogP contribution in [0.15, 0.2) is 42.5 Å². The fraction of sp³-hybridized carbons (Fsp3) is 0.417. The van der Waals surface area contributed by atoms with Gasteiger partial charge in [-0.15, -0.1) is 0 Å². The van der Waals surface area contributed by atoms with Crippen LogP contribution in [0.3, 0.4) is 0 Å². The van der Waals surface area contributed by atoms with Crippen LogP contribution in [0.2, 0.25) is 0 Å². The van der Waals surface area contributed by atoms with Crippen molar-refractivity contribution in [1.82, 2.24) is 4.90 Å². The Kier molecular flexibility index (Phi) is 5.31. The second-order valence-electron chi connectivity index (χ2n) is 8.22. The molecular weight excluding hydrogens is 362 g/mol.